The Bertz CT molecular complexity index is 752. The zero-order valence-corrected chi connectivity index (χ0v) is 16.3. The minimum Gasteiger partial charge on any atom is -0.322 e. The third kappa shape index (κ3) is 3.36. The third-order valence-electron chi connectivity index (χ3n) is 6.06. The molecule has 0 spiro atoms. The first kappa shape index (κ1) is 20.1. The van der Waals surface area contributed by atoms with Crippen molar-refractivity contribution < 1.29 is 31.1 Å². The van der Waals surface area contributed by atoms with E-state index >= 15 is 0 Å². The summed E-state index contributed by atoms with van der Waals surface area (Å²) in [6, 6.07) is -1.79. The monoisotopic (exact) mass is 427 g/mol. The van der Waals surface area contributed by atoms with Gasteiger partial charge in [-0.05, 0) is 26.2 Å². The summed E-state index contributed by atoms with van der Waals surface area (Å²) in [4.78, 5) is 15.2. The Morgan fingerprint density at radius 2 is 1.93 bits per heavy atom. The SMILES string of the molecule is CN1C(=O)N(C2NNC(C(F)F)O2)C2CC(S(=O)(=O)NC3(C)CC3)C(F)CC21. The van der Waals surface area contributed by atoms with E-state index in [2.05, 4.69) is 15.6 Å². The van der Waals surface area contributed by atoms with Gasteiger partial charge in [0.15, 0.2) is 6.23 Å². The largest absolute Gasteiger partial charge is 0.323 e. The van der Waals surface area contributed by atoms with Crippen LogP contribution in [0.15, 0.2) is 0 Å². The molecule has 0 aromatic heterocycles. The molecule has 3 N–H and O–H groups in total. The lowest BCUT2D eigenvalue weighted by atomic mass is 9.88. The highest BCUT2D eigenvalue weighted by Gasteiger charge is 2.57. The van der Waals surface area contributed by atoms with Gasteiger partial charge in [-0.25, -0.2) is 42.0 Å². The predicted octanol–water partition coefficient (Wildman–Crippen LogP) is 0.0626. The van der Waals surface area contributed by atoms with E-state index in [0.717, 1.165) is 0 Å². The van der Waals surface area contributed by atoms with Crippen LogP contribution in [0.2, 0.25) is 0 Å². The van der Waals surface area contributed by atoms with Gasteiger partial charge in [0.05, 0.1) is 12.1 Å². The van der Waals surface area contributed by atoms with Crippen molar-refractivity contribution in [2.45, 2.75) is 80.7 Å². The molecule has 13 heteroatoms. The van der Waals surface area contributed by atoms with E-state index in [1.165, 1.54) is 16.8 Å². The van der Waals surface area contributed by atoms with Crippen LogP contribution in [0.1, 0.15) is 32.6 Å². The number of carbonyl (C=O) groups is 1. The molecule has 0 radical (unpaired) electrons. The van der Waals surface area contributed by atoms with Crippen LogP contribution in [0.5, 0.6) is 0 Å². The number of urea groups is 1. The topological polar surface area (TPSA) is 103 Å². The van der Waals surface area contributed by atoms with Crippen LogP contribution in [-0.4, -0.2) is 79.3 Å². The highest BCUT2D eigenvalue weighted by molar-refractivity contribution is 7.90. The molecule has 4 aliphatic rings. The number of amides is 2. The molecule has 2 aliphatic carbocycles. The second kappa shape index (κ2) is 6.69. The van der Waals surface area contributed by atoms with Crippen LogP contribution in [0.4, 0.5) is 18.0 Å². The normalized spacial score (nSPS) is 40.3. The quantitative estimate of drug-likeness (QED) is 0.574. The molecule has 4 fully saturated rings. The average Bonchev–Trinajstić information content (AvgIpc) is 3.04. The number of nitrogens with one attached hydrogen (secondary N) is 3. The molecule has 2 amide bonds. The van der Waals surface area contributed by atoms with E-state index in [1.54, 1.807) is 6.92 Å². The number of sulfonamides is 1. The van der Waals surface area contributed by atoms with E-state index in [9.17, 15) is 26.4 Å². The predicted molar refractivity (Wildman–Crippen MR) is 91.1 cm³/mol. The fourth-order valence-corrected chi connectivity index (χ4v) is 6.18. The molecule has 6 atom stereocenters. The maximum absolute atomic E-state index is 14.8. The summed E-state index contributed by atoms with van der Waals surface area (Å²) < 4.78 is 73.8. The van der Waals surface area contributed by atoms with Crippen molar-refractivity contribution in [3.8, 4) is 0 Å². The summed E-state index contributed by atoms with van der Waals surface area (Å²) in [5.74, 6) is 0. The number of carbonyl (C=O) groups excluding carboxylic acids is 1. The van der Waals surface area contributed by atoms with Gasteiger partial charge in [-0.3, -0.25) is 4.90 Å². The van der Waals surface area contributed by atoms with E-state index < -0.39 is 64.1 Å². The van der Waals surface area contributed by atoms with Crippen LogP contribution in [0.25, 0.3) is 0 Å². The standard InChI is InChI=1S/C15H24F3N5O4S/c1-15(3-4-15)21-28(25,26)10-6-9-8(5-7(10)16)22(2)14(24)23(9)13-20-19-12(27-13)11(17)18/h7-13,19-21H,3-6H2,1-2H3. The van der Waals surface area contributed by atoms with E-state index in [4.69, 9.17) is 4.74 Å². The molecule has 2 saturated carbocycles. The number of alkyl halides is 3. The van der Waals surface area contributed by atoms with Gasteiger partial charge in [0.2, 0.25) is 16.4 Å². The lowest BCUT2D eigenvalue weighted by Crippen LogP contribution is -2.57. The number of halogens is 3. The van der Waals surface area contributed by atoms with E-state index in [1.807, 2.05) is 0 Å². The minimum atomic E-state index is -3.95. The van der Waals surface area contributed by atoms with Crippen molar-refractivity contribution in [1.29, 1.82) is 0 Å². The van der Waals surface area contributed by atoms with Crippen LogP contribution >= 0.6 is 0 Å². The van der Waals surface area contributed by atoms with Gasteiger partial charge in [0, 0.05) is 19.0 Å². The molecular weight excluding hydrogens is 403 g/mol. The van der Waals surface area contributed by atoms with Crippen molar-refractivity contribution in [2.75, 3.05) is 7.05 Å². The first-order chi connectivity index (χ1) is 13.0. The molecule has 2 saturated heterocycles. The maximum atomic E-state index is 14.8. The smallest absolute Gasteiger partial charge is 0.322 e. The van der Waals surface area contributed by atoms with Crippen molar-refractivity contribution in [1.82, 2.24) is 25.4 Å². The van der Waals surface area contributed by atoms with Crippen LogP contribution < -0.4 is 15.6 Å². The summed E-state index contributed by atoms with van der Waals surface area (Å²) in [5.41, 5.74) is 4.22. The second-order valence-electron chi connectivity index (χ2n) is 8.20. The molecule has 2 heterocycles. The first-order valence-corrected chi connectivity index (χ1v) is 10.7. The number of hydrogen-bond acceptors (Lipinski definition) is 6. The Morgan fingerprint density at radius 1 is 1.25 bits per heavy atom. The van der Waals surface area contributed by atoms with Crippen molar-refractivity contribution in [2.24, 2.45) is 0 Å². The van der Waals surface area contributed by atoms with Gasteiger partial charge in [-0.2, -0.15) is 0 Å². The van der Waals surface area contributed by atoms with E-state index in [-0.39, 0.29) is 12.8 Å². The highest BCUT2D eigenvalue weighted by Crippen LogP contribution is 2.41. The minimum absolute atomic E-state index is 0.145. The molecule has 6 unspecified atom stereocenters. The number of likely N-dealkylation sites (N-methyl/N-ethyl adjacent to an activating group) is 1. The lowest BCUT2D eigenvalue weighted by Gasteiger charge is -2.38. The molecule has 0 aromatic carbocycles. The number of fused-ring (bicyclic) bond motifs is 1. The van der Waals surface area contributed by atoms with Crippen molar-refractivity contribution in [3.63, 3.8) is 0 Å². The van der Waals surface area contributed by atoms with E-state index in [0.29, 0.717) is 12.8 Å². The molecule has 0 bridgehead atoms. The molecule has 0 aromatic rings. The summed E-state index contributed by atoms with van der Waals surface area (Å²) in [6.07, 6.45) is -6.17. The average molecular weight is 427 g/mol. The number of rotatable bonds is 5. The van der Waals surface area contributed by atoms with Crippen LogP contribution in [0.3, 0.4) is 0 Å². The second-order valence-corrected chi connectivity index (χ2v) is 10.1. The summed E-state index contributed by atoms with van der Waals surface area (Å²) in [7, 11) is -2.47. The molecular formula is C15H24F3N5O4S. The Kier molecular flexibility index (Phi) is 4.81. The third-order valence-corrected chi connectivity index (χ3v) is 8.12. The fraction of sp³-hybridized carbons (Fsp3) is 0.933. The Labute approximate surface area is 160 Å². The molecule has 4 rings (SSSR count). The highest BCUT2D eigenvalue weighted by atomic mass is 32.2. The van der Waals surface area contributed by atoms with Crippen molar-refractivity contribution >= 4 is 16.1 Å². The van der Waals surface area contributed by atoms with Gasteiger partial charge in [-0.15, -0.1) is 0 Å². The van der Waals surface area contributed by atoms with Crippen LogP contribution in [0, 0.1) is 0 Å². The fourth-order valence-electron chi connectivity index (χ4n) is 4.19. The van der Waals surface area contributed by atoms with Crippen molar-refractivity contribution in [3.05, 3.63) is 0 Å². The molecule has 160 valence electrons. The molecule has 28 heavy (non-hydrogen) atoms. The lowest BCUT2D eigenvalue weighted by molar-refractivity contribution is -0.104. The zero-order valence-electron chi connectivity index (χ0n) is 15.4. The number of hydrogen-bond donors (Lipinski definition) is 3. The van der Waals surface area contributed by atoms with Gasteiger partial charge in [0.25, 0.3) is 6.43 Å². The molecule has 2 aliphatic heterocycles. The summed E-state index contributed by atoms with van der Waals surface area (Å²) in [5, 5.41) is -1.33. The van der Waals surface area contributed by atoms with Gasteiger partial charge < -0.3 is 9.64 Å². The van der Waals surface area contributed by atoms with Gasteiger partial charge in [0.1, 0.15) is 11.4 Å². The number of ether oxygens (including phenoxy) is 1. The van der Waals surface area contributed by atoms with Gasteiger partial charge in [-0.1, -0.05) is 0 Å². The Morgan fingerprint density at radius 3 is 2.50 bits per heavy atom. The summed E-state index contributed by atoms with van der Waals surface area (Å²) >= 11 is 0. The number of nitrogens with zero attached hydrogens (tertiary/aromatic N) is 2. The van der Waals surface area contributed by atoms with Crippen LogP contribution in [-0.2, 0) is 14.8 Å². The Hall–Kier alpha value is -1.15. The zero-order chi connectivity index (χ0) is 20.4. The summed E-state index contributed by atoms with van der Waals surface area (Å²) in [6.45, 7) is 1.76. The molecule has 9 nitrogen and oxygen atoms in total. The first-order valence-electron chi connectivity index (χ1n) is 9.19. The maximum Gasteiger partial charge on any atom is 0.323 e. The Balaban J connectivity index is 1.55. The van der Waals surface area contributed by atoms with Gasteiger partial charge >= 0.3 is 6.03 Å². The number of hydrazine groups is 1.